The molecule has 8 nitrogen and oxygen atoms in total. The van der Waals surface area contributed by atoms with E-state index in [-0.39, 0.29) is 32.6 Å². The Morgan fingerprint density at radius 3 is 2.33 bits per heavy atom. The molecule has 0 aliphatic heterocycles. The normalized spacial score (nSPS) is 14.6. The van der Waals surface area contributed by atoms with Gasteiger partial charge in [0, 0.05) is 31.2 Å². The second-order valence-electron chi connectivity index (χ2n) is 9.07. The van der Waals surface area contributed by atoms with E-state index >= 15 is 0 Å². The van der Waals surface area contributed by atoms with Crippen molar-refractivity contribution in [3.05, 3.63) is 76.9 Å². The molecule has 2 aromatic carbocycles. The van der Waals surface area contributed by atoms with Crippen LogP contribution < -0.4 is 0 Å². The van der Waals surface area contributed by atoms with Crippen molar-refractivity contribution in [3.63, 3.8) is 0 Å². The molecule has 36 heavy (non-hydrogen) atoms. The Bertz CT molecular complexity index is 1660. The minimum absolute atomic E-state index is 0.0523. The van der Waals surface area contributed by atoms with E-state index in [1.807, 2.05) is 0 Å². The number of aromatic nitrogens is 1. The zero-order valence-corrected chi connectivity index (χ0v) is 21.5. The highest BCUT2D eigenvalue weighted by molar-refractivity contribution is 7.91. The fourth-order valence-electron chi connectivity index (χ4n) is 3.89. The van der Waals surface area contributed by atoms with Gasteiger partial charge in [0.05, 0.1) is 21.4 Å². The number of halogens is 1. The number of allylic oxidation sites excluding steroid dienone is 1. The molecular formula is C25H24FN3O5S2. The van der Waals surface area contributed by atoms with E-state index in [0.717, 1.165) is 21.7 Å². The van der Waals surface area contributed by atoms with Crippen LogP contribution in [0.2, 0.25) is 0 Å². The van der Waals surface area contributed by atoms with Gasteiger partial charge in [-0.05, 0) is 50.1 Å². The molecule has 1 aliphatic carbocycles. The summed E-state index contributed by atoms with van der Waals surface area (Å²) in [6.45, 7) is 1.79. The van der Waals surface area contributed by atoms with Gasteiger partial charge in [-0.15, -0.1) is 0 Å². The Kier molecular flexibility index (Phi) is 6.53. The van der Waals surface area contributed by atoms with Crippen LogP contribution in [-0.4, -0.2) is 50.8 Å². The van der Waals surface area contributed by atoms with Crippen molar-refractivity contribution in [1.29, 1.82) is 5.26 Å². The fourth-order valence-corrected chi connectivity index (χ4v) is 7.13. The lowest BCUT2D eigenvalue weighted by atomic mass is 10.1. The number of Topliss-reactive ketones (excluding diaryl/α,β-unsaturated/α-hetero) is 1. The summed E-state index contributed by atoms with van der Waals surface area (Å²) in [6.07, 6.45) is 2.29. The molecule has 0 spiro atoms. The van der Waals surface area contributed by atoms with Gasteiger partial charge in [-0.25, -0.2) is 25.2 Å². The summed E-state index contributed by atoms with van der Waals surface area (Å²) in [7, 11) is -4.78. The zero-order valence-electron chi connectivity index (χ0n) is 19.9. The minimum atomic E-state index is -4.39. The van der Waals surface area contributed by atoms with Crippen molar-refractivity contribution in [2.75, 3.05) is 14.1 Å². The lowest BCUT2D eigenvalue weighted by Crippen LogP contribution is -2.20. The van der Waals surface area contributed by atoms with Gasteiger partial charge in [0.25, 0.3) is 10.0 Å². The maximum atomic E-state index is 15.0. The maximum Gasteiger partial charge on any atom is 0.268 e. The first-order chi connectivity index (χ1) is 16.8. The van der Waals surface area contributed by atoms with E-state index in [9.17, 15) is 31.3 Å². The van der Waals surface area contributed by atoms with Crippen molar-refractivity contribution >= 4 is 36.5 Å². The summed E-state index contributed by atoms with van der Waals surface area (Å²) in [6, 6.07) is 11.1. The highest BCUT2D eigenvalue weighted by atomic mass is 32.2. The van der Waals surface area contributed by atoms with Gasteiger partial charge in [-0.2, -0.15) is 5.26 Å². The summed E-state index contributed by atoms with van der Waals surface area (Å²) in [5.41, 5.74) is -0.0976. The quantitative estimate of drug-likeness (QED) is 0.249. The minimum Gasteiger partial charge on any atom is -0.382 e. The van der Waals surface area contributed by atoms with E-state index in [1.54, 1.807) is 39.2 Å². The van der Waals surface area contributed by atoms with Crippen LogP contribution in [-0.2, 0) is 25.6 Å². The number of rotatable bonds is 8. The molecule has 1 fully saturated rings. The third kappa shape index (κ3) is 4.79. The maximum absolute atomic E-state index is 15.0. The fraction of sp³-hybridized carbons (Fsp3) is 0.280. The average Bonchev–Trinajstić information content (AvgIpc) is 3.60. The summed E-state index contributed by atoms with van der Waals surface area (Å²) in [5, 5.41) is 9.10. The molecule has 0 atom stereocenters. The van der Waals surface area contributed by atoms with Gasteiger partial charge >= 0.3 is 0 Å². The summed E-state index contributed by atoms with van der Waals surface area (Å²) >= 11 is 0. The molecule has 0 N–H and O–H groups in total. The first-order valence-corrected chi connectivity index (χ1v) is 14.2. The number of nitrogens with zero attached hydrogens (tertiary/aromatic N) is 3. The molecule has 1 aliphatic rings. The van der Waals surface area contributed by atoms with Gasteiger partial charge in [0.2, 0.25) is 5.78 Å². The molecule has 0 amide bonds. The van der Waals surface area contributed by atoms with Crippen molar-refractivity contribution in [2.45, 2.75) is 35.7 Å². The number of benzene rings is 2. The molecule has 188 valence electrons. The highest BCUT2D eigenvalue weighted by Gasteiger charge is 2.36. The Labute approximate surface area is 209 Å². The van der Waals surface area contributed by atoms with Crippen molar-refractivity contribution in [1.82, 2.24) is 8.87 Å². The third-order valence-electron chi connectivity index (χ3n) is 5.86. The average molecular weight is 530 g/mol. The van der Waals surface area contributed by atoms with E-state index in [1.165, 1.54) is 29.3 Å². The van der Waals surface area contributed by atoms with Crippen molar-refractivity contribution in [3.8, 4) is 6.07 Å². The first-order valence-electron chi connectivity index (χ1n) is 11.1. The largest absolute Gasteiger partial charge is 0.382 e. The van der Waals surface area contributed by atoms with Crippen LogP contribution in [0.4, 0.5) is 4.39 Å². The lowest BCUT2D eigenvalue weighted by Gasteiger charge is -2.13. The van der Waals surface area contributed by atoms with Crippen LogP contribution in [0, 0.1) is 24.1 Å². The molecule has 3 aromatic rings. The molecule has 0 radical (unpaired) electrons. The van der Waals surface area contributed by atoms with Crippen molar-refractivity contribution < 1.29 is 26.0 Å². The number of aryl methyl sites for hydroxylation is 1. The van der Waals surface area contributed by atoms with E-state index in [2.05, 4.69) is 0 Å². The number of carbonyl (C=O) groups is 1. The number of carbonyl (C=O) groups excluding carboxylic acids is 1. The molecule has 1 heterocycles. The van der Waals surface area contributed by atoms with Crippen LogP contribution in [0.15, 0.2) is 59.1 Å². The first kappa shape index (κ1) is 25.6. The molecule has 1 saturated carbocycles. The van der Waals surface area contributed by atoms with Gasteiger partial charge < -0.3 is 4.90 Å². The molecule has 4 rings (SSSR count). The molecule has 11 heteroatoms. The van der Waals surface area contributed by atoms with Crippen LogP contribution in [0.25, 0.3) is 10.9 Å². The number of ketones is 1. The molecule has 1 aromatic heterocycles. The van der Waals surface area contributed by atoms with E-state index in [0.29, 0.717) is 12.8 Å². The predicted molar refractivity (Wildman–Crippen MR) is 133 cm³/mol. The Morgan fingerprint density at radius 1 is 1.14 bits per heavy atom. The number of nitriles is 1. The monoisotopic (exact) mass is 529 g/mol. The van der Waals surface area contributed by atoms with Gasteiger partial charge in [-0.1, -0.05) is 17.7 Å². The standard InChI is InChI=1S/C25H24FN3O5S2/c1-16-4-6-21(7-5-16)36(33,34)29-23-12-18(15-35(31,32)20-8-9-20)22(26)10-17(23)11-24(29)25(30)19(13-27)14-28(2)3/h4-7,10-12,14,20H,8-9,15H2,1-3H3/b19-14+. The van der Waals surface area contributed by atoms with E-state index < -0.39 is 42.5 Å². The third-order valence-corrected chi connectivity index (χ3v) is 9.80. The number of fused-ring (bicyclic) bond motifs is 1. The smallest absolute Gasteiger partial charge is 0.268 e. The number of hydrogen-bond donors (Lipinski definition) is 0. The Balaban J connectivity index is 2.00. The van der Waals surface area contributed by atoms with Crippen molar-refractivity contribution in [2.24, 2.45) is 0 Å². The van der Waals surface area contributed by atoms with Crippen LogP contribution in [0.3, 0.4) is 0 Å². The van der Waals surface area contributed by atoms with Crippen LogP contribution >= 0.6 is 0 Å². The SMILES string of the molecule is Cc1ccc(S(=O)(=O)n2c(C(=O)/C(C#N)=C/N(C)C)cc3cc(F)c(CS(=O)(=O)C4CC4)cc32)cc1. The van der Waals surface area contributed by atoms with Crippen LogP contribution in [0.5, 0.6) is 0 Å². The topological polar surface area (TPSA) is 117 Å². The molecule has 0 bridgehead atoms. The van der Waals surface area contributed by atoms with Crippen LogP contribution in [0.1, 0.15) is 34.5 Å². The zero-order chi connectivity index (χ0) is 26.4. The second kappa shape index (κ2) is 9.19. The highest BCUT2D eigenvalue weighted by Crippen LogP contribution is 2.34. The molecular weight excluding hydrogens is 505 g/mol. The van der Waals surface area contributed by atoms with E-state index in [4.69, 9.17) is 0 Å². The number of hydrogen-bond acceptors (Lipinski definition) is 7. The second-order valence-corrected chi connectivity index (χ2v) is 13.1. The van der Waals surface area contributed by atoms with Gasteiger partial charge in [0.1, 0.15) is 23.2 Å². The molecule has 0 saturated heterocycles. The lowest BCUT2D eigenvalue weighted by molar-refractivity contribution is 0.103. The van der Waals surface area contributed by atoms with Gasteiger partial charge in [0.15, 0.2) is 9.84 Å². The van der Waals surface area contributed by atoms with Gasteiger partial charge in [-0.3, -0.25) is 4.79 Å². The summed E-state index contributed by atoms with van der Waals surface area (Å²) < 4.78 is 68.3. The summed E-state index contributed by atoms with van der Waals surface area (Å²) in [4.78, 5) is 14.7. The Morgan fingerprint density at radius 2 is 1.78 bits per heavy atom. The molecule has 0 unspecified atom stereocenters. The predicted octanol–water partition coefficient (Wildman–Crippen LogP) is 3.55. The summed E-state index contributed by atoms with van der Waals surface area (Å²) in [5.74, 6) is -2.27. The number of sulfone groups is 1. The Hall–Kier alpha value is -3.49.